The van der Waals surface area contributed by atoms with Gasteiger partial charge in [-0.2, -0.15) is 5.10 Å². The van der Waals surface area contributed by atoms with Gasteiger partial charge < -0.3 is 15.1 Å². The Hall–Kier alpha value is -3.13. The number of rotatable bonds is 3. The fourth-order valence-electron chi connectivity index (χ4n) is 3.04. The van der Waals surface area contributed by atoms with Crippen molar-refractivity contribution < 1.29 is 4.79 Å². The van der Waals surface area contributed by atoms with E-state index in [1.54, 1.807) is 46.6 Å². The molecule has 1 N–H and O–H groups in total. The number of urea groups is 1. The molecule has 9 heteroatoms. The zero-order valence-corrected chi connectivity index (χ0v) is 15.3. The van der Waals surface area contributed by atoms with Crippen LogP contribution in [0.5, 0.6) is 0 Å². The van der Waals surface area contributed by atoms with Gasteiger partial charge in [0.05, 0.1) is 16.4 Å². The number of nitrogens with one attached hydrogen (secondary N) is 1. The lowest BCUT2D eigenvalue weighted by Gasteiger charge is -2.36. The maximum atomic E-state index is 12.7. The average molecular weight is 384 g/mol. The van der Waals surface area contributed by atoms with Crippen LogP contribution in [0.2, 0.25) is 5.02 Å². The van der Waals surface area contributed by atoms with E-state index in [1.165, 1.54) is 0 Å². The molecule has 0 saturated carbocycles. The molecule has 0 unspecified atom stereocenters. The third-order valence-electron chi connectivity index (χ3n) is 4.41. The molecule has 27 heavy (non-hydrogen) atoms. The highest BCUT2D eigenvalue weighted by molar-refractivity contribution is 6.33. The van der Waals surface area contributed by atoms with Gasteiger partial charge in [-0.25, -0.2) is 14.5 Å². The summed E-state index contributed by atoms with van der Waals surface area (Å²) in [5, 5.41) is 7.75. The number of halogens is 1. The Morgan fingerprint density at radius 3 is 2.67 bits per heavy atom. The van der Waals surface area contributed by atoms with Crippen molar-refractivity contribution in [1.29, 1.82) is 0 Å². The lowest BCUT2D eigenvalue weighted by Crippen LogP contribution is -2.50. The van der Waals surface area contributed by atoms with Crippen LogP contribution < -0.4 is 10.2 Å². The summed E-state index contributed by atoms with van der Waals surface area (Å²) < 4.78 is 1.62. The van der Waals surface area contributed by atoms with Crippen molar-refractivity contribution in [2.75, 3.05) is 36.4 Å². The highest BCUT2D eigenvalue weighted by Crippen LogP contribution is 2.25. The Kier molecular flexibility index (Phi) is 4.88. The van der Waals surface area contributed by atoms with E-state index in [1.807, 2.05) is 18.2 Å². The number of aromatic nitrogens is 4. The Balaban J connectivity index is 1.42. The number of nitrogens with zero attached hydrogens (tertiary/aromatic N) is 6. The third-order valence-corrected chi connectivity index (χ3v) is 4.70. The summed E-state index contributed by atoms with van der Waals surface area (Å²) in [5.74, 6) is 0.582. The molecule has 8 nitrogen and oxygen atoms in total. The van der Waals surface area contributed by atoms with E-state index in [9.17, 15) is 4.79 Å². The van der Waals surface area contributed by atoms with E-state index < -0.39 is 0 Å². The molecule has 1 saturated heterocycles. The van der Waals surface area contributed by atoms with Crippen LogP contribution in [-0.4, -0.2) is 56.9 Å². The first kappa shape index (κ1) is 17.3. The molecule has 138 valence electrons. The van der Waals surface area contributed by atoms with Gasteiger partial charge in [-0.05, 0) is 24.3 Å². The quantitative estimate of drug-likeness (QED) is 0.752. The van der Waals surface area contributed by atoms with E-state index in [0.717, 1.165) is 5.69 Å². The van der Waals surface area contributed by atoms with Crippen molar-refractivity contribution in [2.24, 2.45) is 0 Å². The summed E-state index contributed by atoms with van der Waals surface area (Å²) in [6.45, 7) is 2.61. The summed E-state index contributed by atoms with van der Waals surface area (Å²) in [6, 6.07) is 7.14. The van der Waals surface area contributed by atoms with Gasteiger partial charge in [-0.3, -0.25) is 4.98 Å². The summed E-state index contributed by atoms with van der Waals surface area (Å²) in [5.41, 5.74) is 1.56. The Morgan fingerprint density at radius 1 is 1.07 bits per heavy atom. The van der Waals surface area contributed by atoms with Crippen LogP contribution in [0.4, 0.5) is 16.2 Å². The van der Waals surface area contributed by atoms with E-state index in [4.69, 9.17) is 11.6 Å². The van der Waals surface area contributed by atoms with Gasteiger partial charge in [0, 0.05) is 57.2 Å². The second kappa shape index (κ2) is 7.63. The van der Waals surface area contributed by atoms with Crippen molar-refractivity contribution in [3.63, 3.8) is 0 Å². The smallest absolute Gasteiger partial charge is 0.322 e. The minimum absolute atomic E-state index is 0.156. The molecule has 0 bridgehead atoms. The normalized spacial score (nSPS) is 14.3. The number of carbonyl (C=O) groups excluding carboxylic acids is 1. The topological polar surface area (TPSA) is 79.2 Å². The van der Waals surface area contributed by atoms with Gasteiger partial charge in [-0.1, -0.05) is 11.6 Å². The van der Waals surface area contributed by atoms with Crippen LogP contribution in [0.15, 0.2) is 55.2 Å². The van der Waals surface area contributed by atoms with Crippen LogP contribution >= 0.6 is 11.6 Å². The molecule has 3 aromatic rings. The Morgan fingerprint density at radius 2 is 1.93 bits per heavy atom. The van der Waals surface area contributed by atoms with Crippen molar-refractivity contribution in [3.05, 3.63) is 60.3 Å². The maximum absolute atomic E-state index is 12.7. The molecule has 1 fully saturated rings. The molecule has 0 radical (unpaired) electrons. The first-order valence-corrected chi connectivity index (χ1v) is 8.95. The molecule has 0 spiro atoms. The summed E-state index contributed by atoms with van der Waals surface area (Å²) in [6.07, 6.45) is 8.48. The van der Waals surface area contributed by atoms with Crippen molar-refractivity contribution in [3.8, 4) is 5.82 Å². The van der Waals surface area contributed by atoms with Gasteiger partial charge in [0.25, 0.3) is 0 Å². The molecule has 2 amide bonds. The second-order valence-corrected chi connectivity index (χ2v) is 6.46. The zero-order valence-electron chi connectivity index (χ0n) is 14.5. The molecule has 4 rings (SSSR count). The maximum Gasteiger partial charge on any atom is 0.322 e. The number of hydrogen-bond donors (Lipinski definition) is 1. The number of piperazine rings is 1. The van der Waals surface area contributed by atoms with Crippen LogP contribution in [0, 0.1) is 0 Å². The number of pyridine rings is 2. The van der Waals surface area contributed by atoms with E-state index >= 15 is 0 Å². The lowest BCUT2D eigenvalue weighted by atomic mass is 10.2. The van der Waals surface area contributed by atoms with Crippen LogP contribution in [0.25, 0.3) is 5.82 Å². The third kappa shape index (κ3) is 3.70. The Bertz CT molecular complexity index is 923. The van der Waals surface area contributed by atoms with Gasteiger partial charge >= 0.3 is 6.03 Å². The minimum Gasteiger partial charge on any atom is -0.367 e. The van der Waals surface area contributed by atoms with Crippen LogP contribution in [0.1, 0.15) is 0 Å². The average Bonchev–Trinajstić information content (AvgIpc) is 3.23. The molecule has 0 aromatic carbocycles. The summed E-state index contributed by atoms with van der Waals surface area (Å²) in [4.78, 5) is 25.0. The summed E-state index contributed by atoms with van der Waals surface area (Å²) in [7, 11) is 0. The van der Waals surface area contributed by atoms with Gasteiger partial charge in [-0.15, -0.1) is 0 Å². The molecule has 1 aliphatic rings. The molecule has 3 aromatic heterocycles. The van der Waals surface area contributed by atoms with Crippen LogP contribution in [-0.2, 0) is 0 Å². The highest BCUT2D eigenvalue weighted by Gasteiger charge is 2.23. The minimum atomic E-state index is -0.156. The molecular weight excluding hydrogens is 366 g/mol. The SMILES string of the molecule is O=C(Nc1cccnc1-n1cccn1)N1CCN(c2ccncc2Cl)CC1. The molecule has 0 aliphatic carbocycles. The fraction of sp³-hybridized carbons (Fsp3) is 0.222. The van der Waals surface area contributed by atoms with E-state index in [-0.39, 0.29) is 6.03 Å². The molecular formula is C18H18ClN7O. The van der Waals surface area contributed by atoms with Gasteiger partial charge in [0.2, 0.25) is 0 Å². The fourth-order valence-corrected chi connectivity index (χ4v) is 3.28. The summed E-state index contributed by atoms with van der Waals surface area (Å²) >= 11 is 6.22. The molecule has 1 aliphatic heterocycles. The first-order chi connectivity index (χ1) is 13.2. The highest BCUT2D eigenvalue weighted by atomic mass is 35.5. The number of amides is 2. The van der Waals surface area contributed by atoms with Crippen LogP contribution in [0.3, 0.4) is 0 Å². The van der Waals surface area contributed by atoms with Crippen molar-refractivity contribution in [1.82, 2.24) is 24.6 Å². The lowest BCUT2D eigenvalue weighted by molar-refractivity contribution is 0.208. The predicted molar refractivity (Wildman–Crippen MR) is 103 cm³/mol. The number of carbonyl (C=O) groups is 1. The molecule has 4 heterocycles. The van der Waals surface area contributed by atoms with Crippen molar-refractivity contribution in [2.45, 2.75) is 0 Å². The largest absolute Gasteiger partial charge is 0.367 e. The number of anilines is 2. The monoisotopic (exact) mass is 383 g/mol. The Labute approximate surface area is 161 Å². The zero-order chi connectivity index (χ0) is 18.6. The van der Waals surface area contributed by atoms with Gasteiger partial charge in [0.1, 0.15) is 0 Å². The predicted octanol–water partition coefficient (Wildman–Crippen LogP) is 2.67. The van der Waals surface area contributed by atoms with Crippen molar-refractivity contribution >= 4 is 29.0 Å². The van der Waals surface area contributed by atoms with E-state index in [0.29, 0.717) is 42.7 Å². The molecule has 0 atom stereocenters. The van der Waals surface area contributed by atoms with E-state index in [2.05, 4.69) is 25.3 Å². The second-order valence-electron chi connectivity index (χ2n) is 6.06. The number of hydrogen-bond acceptors (Lipinski definition) is 5. The standard InChI is InChI=1S/C18H18ClN7O/c19-14-13-20-7-4-16(14)24-9-11-25(12-10-24)18(27)23-15-3-1-5-21-17(15)26-8-2-6-22-26/h1-8,13H,9-12H2,(H,23,27). The van der Waals surface area contributed by atoms with Gasteiger partial charge in [0.15, 0.2) is 5.82 Å². The first-order valence-electron chi connectivity index (χ1n) is 8.58.